The fourth-order valence-corrected chi connectivity index (χ4v) is 6.45. The molecule has 14 heteroatoms. The Morgan fingerprint density at radius 3 is 2.14 bits per heavy atom. The Kier molecular flexibility index (Phi) is 7.70. The number of para-hydroxylation sites is 2. The van der Waals surface area contributed by atoms with Crippen LogP contribution >= 0.6 is 0 Å². The van der Waals surface area contributed by atoms with Gasteiger partial charge in [0.1, 0.15) is 11.4 Å². The van der Waals surface area contributed by atoms with Crippen molar-refractivity contribution in [1.82, 2.24) is 9.97 Å². The first kappa shape index (κ1) is 29.7. The van der Waals surface area contributed by atoms with Crippen molar-refractivity contribution in [1.29, 1.82) is 5.26 Å². The van der Waals surface area contributed by atoms with E-state index in [2.05, 4.69) is 9.97 Å². The summed E-state index contributed by atoms with van der Waals surface area (Å²) in [4.78, 5) is 23.4. The summed E-state index contributed by atoms with van der Waals surface area (Å²) in [6, 6.07) is 15.8. The van der Waals surface area contributed by atoms with Gasteiger partial charge in [0, 0.05) is 32.2 Å². The molecule has 0 aliphatic carbocycles. The third-order valence-corrected chi connectivity index (χ3v) is 9.34. The van der Waals surface area contributed by atoms with Gasteiger partial charge in [-0.1, -0.05) is 18.2 Å². The second-order valence-electron chi connectivity index (χ2n) is 10.2. The third kappa shape index (κ3) is 5.68. The summed E-state index contributed by atoms with van der Waals surface area (Å²) in [6.07, 6.45) is -4.73. The molecule has 222 valence electrons. The summed E-state index contributed by atoms with van der Waals surface area (Å²) in [6.45, 7) is 4.29. The van der Waals surface area contributed by atoms with Crippen LogP contribution in [0.2, 0.25) is 0 Å². The van der Waals surface area contributed by atoms with Crippen LogP contribution in [0.3, 0.4) is 0 Å². The van der Waals surface area contributed by atoms with E-state index in [1.165, 1.54) is 12.1 Å². The largest absolute Gasteiger partial charge is 0.416 e. The smallest absolute Gasteiger partial charge is 0.362 e. The zero-order chi connectivity index (χ0) is 31.1. The molecular formula is C29H25F3N6O4S. The van der Waals surface area contributed by atoms with Crippen molar-refractivity contribution in [2.45, 2.75) is 30.2 Å². The molecule has 5 rings (SSSR count). The number of hydrogen-bond acceptors (Lipinski definition) is 9. The quantitative estimate of drug-likeness (QED) is 0.204. The number of nitrogens with zero attached hydrogens (tertiary/aromatic N) is 6. The van der Waals surface area contributed by atoms with Crippen LogP contribution in [0.15, 0.2) is 65.6 Å². The summed E-state index contributed by atoms with van der Waals surface area (Å²) < 4.78 is 67.1. The monoisotopic (exact) mass is 610 g/mol. The second kappa shape index (κ2) is 11.1. The molecule has 0 N–H and O–H groups in total. The van der Waals surface area contributed by atoms with Crippen molar-refractivity contribution in [3.63, 3.8) is 0 Å². The van der Waals surface area contributed by atoms with Crippen molar-refractivity contribution in [3.8, 4) is 6.07 Å². The molecule has 0 amide bonds. The molecule has 0 unspecified atom stereocenters. The molecule has 1 atom stereocenters. The number of nitro groups is 1. The van der Waals surface area contributed by atoms with Gasteiger partial charge < -0.3 is 9.80 Å². The van der Waals surface area contributed by atoms with E-state index in [-0.39, 0.29) is 48.3 Å². The molecule has 10 nitrogen and oxygen atoms in total. The van der Waals surface area contributed by atoms with Gasteiger partial charge in [-0.05, 0) is 61.4 Å². The highest BCUT2D eigenvalue weighted by molar-refractivity contribution is 7.92. The van der Waals surface area contributed by atoms with Gasteiger partial charge in [0.15, 0.2) is 11.1 Å². The fraction of sp³-hybridized carbons (Fsp3) is 0.276. The van der Waals surface area contributed by atoms with Crippen LogP contribution in [0.5, 0.6) is 0 Å². The van der Waals surface area contributed by atoms with Gasteiger partial charge in [0.2, 0.25) is 9.84 Å². The molecule has 0 bridgehead atoms. The molecule has 1 aromatic heterocycles. The standard InChI is InChI=1S/C29H25F3N6O4S/c1-18-7-9-21(15-19(18)2)43(41,42)26(17-33)27-28(35-23-6-4-3-5-22(23)34-27)37-13-11-36(12-14-37)24-10-8-20(29(30,31)32)16-25(24)38(39)40/h3-10,15-16,26H,11-14H2,1-2H3/t26-/m0/s1. The second-order valence-corrected chi connectivity index (χ2v) is 12.2. The van der Waals surface area contributed by atoms with Crippen LogP contribution in [0.4, 0.5) is 30.4 Å². The third-order valence-electron chi connectivity index (χ3n) is 7.48. The van der Waals surface area contributed by atoms with E-state index >= 15 is 0 Å². The molecule has 43 heavy (non-hydrogen) atoms. The number of nitriles is 1. The lowest BCUT2D eigenvalue weighted by Crippen LogP contribution is -2.47. The minimum Gasteiger partial charge on any atom is -0.362 e. The molecule has 1 aliphatic heterocycles. The highest BCUT2D eigenvalue weighted by Gasteiger charge is 2.37. The van der Waals surface area contributed by atoms with E-state index in [9.17, 15) is 37.0 Å². The number of aromatic nitrogens is 2. The molecule has 2 heterocycles. The lowest BCUT2D eigenvalue weighted by atomic mass is 10.1. The lowest BCUT2D eigenvalue weighted by molar-refractivity contribution is -0.384. The highest BCUT2D eigenvalue weighted by atomic mass is 32.2. The molecule has 4 aromatic rings. The molecule has 1 fully saturated rings. The SMILES string of the molecule is Cc1ccc(S(=O)(=O)[C@@H](C#N)c2nc3ccccc3nc2N2CCN(c3ccc(C(F)(F)F)cc3[N+](=O)[O-])CC2)cc1C. The number of nitro benzene ring substituents is 1. The number of benzene rings is 3. The van der Waals surface area contributed by atoms with Crippen LogP contribution < -0.4 is 9.80 Å². The summed E-state index contributed by atoms with van der Waals surface area (Å²) >= 11 is 0. The number of halogens is 3. The Morgan fingerprint density at radius 2 is 1.56 bits per heavy atom. The molecule has 1 aliphatic rings. The minimum atomic E-state index is -4.73. The van der Waals surface area contributed by atoms with Crippen molar-refractivity contribution >= 4 is 38.1 Å². The Balaban J connectivity index is 1.52. The zero-order valence-electron chi connectivity index (χ0n) is 23.0. The number of fused-ring (bicyclic) bond motifs is 1. The number of hydrogen-bond donors (Lipinski definition) is 0. The van der Waals surface area contributed by atoms with Gasteiger partial charge in [0.25, 0.3) is 5.69 Å². The first-order chi connectivity index (χ1) is 20.3. The van der Waals surface area contributed by atoms with Gasteiger partial charge in [-0.25, -0.2) is 18.4 Å². The highest BCUT2D eigenvalue weighted by Crippen LogP contribution is 2.38. The van der Waals surface area contributed by atoms with Gasteiger partial charge in [-0.2, -0.15) is 18.4 Å². The first-order valence-electron chi connectivity index (χ1n) is 13.1. The average Bonchev–Trinajstić information content (AvgIpc) is 2.97. The van der Waals surface area contributed by atoms with E-state index in [1.807, 2.05) is 13.0 Å². The minimum absolute atomic E-state index is 0.0255. The maximum absolute atomic E-state index is 13.8. The van der Waals surface area contributed by atoms with E-state index < -0.39 is 37.4 Å². The van der Waals surface area contributed by atoms with Crippen LogP contribution in [-0.2, 0) is 16.0 Å². The summed E-state index contributed by atoms with van der Waals surface area (Å²) in [5.74, 6) is 0.180. The van der Waals surface area contributed by atoms with Crippen molar-refractivity contribution in [2.75, 3.05) is 36.0 Å². The molecule has 1 saturated heterocycles. The van der Waals surface area contributed by atoms with Crippen molar-refractivity contribution in [2.24, 2.45) is 0 Å². The summed E-state index contributed by atoms with van der Waals surface area (Å²) in [5, 5.41) is 20.1. The Labute approximate surface area is 245 Å². The number of sulfone groups is 1. The van der Waals surface area contributed by atoms with E-state index in [1.54, 1.807) is 47.1 Å². The maximum Gasteiger partial charge on any atom is 0.416 e. The fourth-order valence-electron chi connectivity index (χ4n) is 4.99. The zero-order valence-corrected chi connectivity index (χ0v) is 23.9. The van der Waals surface area contributed by atoms with Gasteiger partial charge in [0.05, 0.1) is 32.5 Å². The maximum atomic E-state index is 13.8. The van der Waals surface area contributed by atoms with E-state index in [0.29, 0.717) is 17.1 Å². The molecule has 0 saturated carbocycles. The lowest BCUT2D eigenvalue weighted by Gasteiger charge is -2.37. The molecular weight excluding hydrogens is 585 g/mol. The number of aryl methyl sites for hydroxylation is 2. The molecule has 0 radical (unpaired) electrons. The van der Waals surface area contributed by atoms with Gasteiger partial charge in [-0.15, -0.1) is 0 Å². The van der Waals surface area contributed by atoms with Gasteiger partial charge in [-0.3, -0.25) is 10.1 Å². The summed E-state index contributed by atoms with van der Waals surface area (Å²) in [7, 11) is -4.23. The number of rotatable bonds is 6. The molecule has 0 spiro atoms. The van der Waals surface area contributed by atoms with Crippen LogP contribution in [0, 0.1) is 35.3 Å². The number of alkyl halides is 3. The Morgan fingerprint density at radius 1 is 0.930 bits per heavy atom. The number of piperazine rings is 1. The van der Waals surface area contributed by atoms with Crippen molar-refractivity contribution < 1.29 is 26.5 Å². The topological polar surface area (TPSA) is 133 Å². The molecule has 3 aromatic carbocycles. The predicted octanol–water partition coefficient (Wildman–Crippen LogP) is 5.54. The van der Waals surface area contributed by atoms with E-state index in [4.69, 9.17) is 0 Å². The first-order valence-corrected chi connectivity index (χ1v) is 14.7. The van der Waals surface area contributed by atoms with E-state index in [0.717, 1.165) is 23.3 Å². The normalized spacial score (nSPS) is 14.9. The van der Waals surface area contributed by atoms with Crippen LogP contribution in [-0.4, -0.2) is 49.5 Å². The van der Waals surface area contributed by atoms with Gasteiger partial charge >= 0.3 is 6.18 Å². The van der Waals surface area contributed by atoms with Crippen LogP contribution in [0.1, 0.15) is 27.6 Å². The van der Waals surface area contributed by atoms with Crippen LogP contribution in [0.25, 0.3) is 11.0 Å². The Hall–Kier alpha value is -4.77. The Bertz CT molecular complexity index is 1880. The van der Waals surface area contributed by atoms with Crippen molar-refractivity contribution in [3.05, 3.63) is 93.2 Å². The average molecular weight is 611 g/mol. The number of anilines is 2. The predicted molar refractivity (Wildman–Crippen MR) is 154 cm³/mol. The summed E-state index contributed by atoms with van der Waals surface area (Å²) in [5.41, 5.74) is 0.714.